The predicted octanol–water partition coefficient (Wildman–Crippen LogP) is 3.43. The Hall–Kier alpha value is -2.63. The van der Waals surface area contributed by atoms with Gasteiger partial charge in [-0.15, -0.1) is 0 Å². The van der Waals surface area contributed by atoms with Gasteiger partial charge in [-0.2, -0.15) is 0 Å². The first-order chi connectivity index (χ1) is 11.7. The number of hydrogen-bond acceptors (Lipinski definition) is 4. The third-order valence-corrected chi connectivity index (χ3v) is 3.98. The minimum Gasteiger partial charge on any atom is -0.490 e. The molecule has 126 valence electrons. The van der Waals surface area contributed by atoms with Crippen LogP contribution in [0.25, 0.3) is 0 Å². The Bertz CT molecular complexity index is 682. The van der Waals surface area contributed by atoms with Crippen LogP contribution in [0.3, 0.4) is 0 Å². The molecule has 1 aromatic heterocycles. The number of aryl methyl sites for hydroxylation is 1. The summed E-state index contributed by atoms with van der Waals surface area (Å²) in [6, 6.07) is 8.99. The first-order valence-corrected chi connectivity index (χ1v) is 8.29. The molecule has 0 unspecified atom stereocenters. The lowest BCUT2D eigenvalue weighted by Gasteiger charge is -2.13. The van der Waals surface area contributed by atoms with E-state index in [1.54, 1.807) is 12.3 Å². The molecule has 0 aliphatic heterocycles. The second kappa shape index (κ2) is 7.77. The molecule has 24 heavy (non-hydrogen) atoms. The summed E-state index contributed by atoms with van der Waals surface area (Å²) in [5, 5.41) is 5.58. The molecule has 6 nitrogen and oxygen atoms in total. The third kappa shape index (κ3) is 4.68. The van der Waals surface area contributed by atoms with E-state index in [1.807, 2.05) is 31.2 Å². The van der Waals surface area contributed by atoms with Gasteiger partial charge in [0.05, 0.1) is 18.3 Å². The maximum atomic E-state index is 11.9. The van der Waals surface area contributed by atoms with Crippen LogP contribution in [0.2, 0.25) is 0 Å². The van der Waals surface area contributed by atoms with Gasteiger partial charge < -0.3 is 15.4 Å². The van der Waals surface area contributed by atoms with E-state index in [1.165, 1.54) is 12.8 Å². The molecule has 1 aliphatic carbocycles. The number of urea groups is 1. The summed E-state index contributed by atoms with van der Waals surface area (Å²) in [4.78, 5) is 20.2. The van der Waals surface area contributed by atoms with Gasteiger partial charge >= 0.3 is 6.03 Å². The van der Waals surface area contributed by atoms with E-state index in [0.29, 0.717) is 18.5 Å². The number of benzene rings is 1. The fourth-order valence-electron chi connectivity index (χ4n) is 2.77. The molecule has 0 saturated heterocycles. The zero-order valence-electron chi connectivity index (χ0n) is 13.8. The van der Waals surface area contributed by atoms with Crippen LogP contribution in [0.5, 0.6) is 5.75 Å². The summed E-state index contributed by atoms with van der Waals surface area (Å²) < 4.78 is 5.91. The van der Waals surface area contributed by atoms with E-state index in [9.17, 15) is 4.79 Å². The summed E-state index contributed by atoms with van der Waals surface area (Å²) in [7, 11) is 0. The van der Waals surface area contributed by atoms with Gasteiger partial charge in [0.25, 0.3) is 0 Å². The minimum absolute atomic E-state index is 0.268. The minimum atomic E-state index is -0.268. The highest BCUT2D eigenvalue weighted by molar-refractivity contribution is 5.89. The highest BCUT2D eigenvalue weighted by atomic mass is 16.5. The molecule has 6 heteroatoms. The number of aromatic nitrogens is 2. The van der Waals surface area contributed by atoms with E-state index in [-0.39, 0.29) is 6.03 Å². The van der Waals surface area contributed by atoms with Gasteiger partial charge in [-0.05, 0) is 62.9 Å². The quantitative estimate of drug-likeness (QED) is 0.882. The fraction of sp³-hybridized carbons (Fsp3) is 0.389. The topological polar surface area (TPSA) is 76.1 Å². The van der Waals surface area contributed by atoms with Gasteiger partial charge in [0.2, 0.25) is 0 Å². The fourth-order valence-corrected chi connectivity index (χ4v) is 2.77. The summed E-state index contributed by atoms with van der Waals surface area (Å²) >= 11 is 0. The second-order valence-electron chi connectivity index (χ2n) is 5.95. The zero-order valence-corrected chi connectivity index (χ0v) is 13.8. The molecule has 2 N–H and O–H groups in total. The largest absolute Gasteiger partial charge is 0.490 e. The smallest absolute Gasteiger partial charge is 0.319 e. The SMILES string of the molecule is Cc1nccc(CNC(=O)Nc2ccc(OC3CCCC3)cc2)n1. The van der Waals surface area contributed by atoms with Crippen molar-refractivity contribution in [2.75, 3.05) is 5.32 Å². The number of amides is 2. The molecule has 3 rings (SSSR count). The number of anilines is 1. The van der Waals surface area contributed by atoms with E-state index >= 15 is 0 Å². The van der Waals surface area contributed by atoms with Crippen LogP contribution in [-0.4, -0.2) is 22.1 Å². The normalized spacial score (nSPS) is 14.4. The van der Waals surface area contributed by atoms with E-state index in [2.05, 4.69) is 20.6 Å². The maximum absolute atomic E-state index is 11.9. The standard InChI is InChI=1S/C18H22N4O2/c1-13-19-11-10-15(21-13)12-20-18(23)22-14-6-8-17(9-7-14)24-16-4-2-3-5-16/h6-11,16H,2-5,12H2,1H3,(H2,20,22,23). The van der Waals surface area contributed by atoms with Crippen LogP contribution in [-0.2, 0) is 6.54 Å². The molecule has 1 aliphatic rings. The Morgan fingerprint density at radius 2 is 1.96 bits per heavy atom. The Labute approximate surface area is 141 Å². The first kappa shape index (κ1) is 16.2. The molecule has 1 fully saturated rings. The van der Waals surface area contributed by atoms with Crippen molar-refractivity contribution in [3.05, 3.63) is 48.0 Å². The molecule has 1 aromatic carbocycles. The van der Waals surface area contributed by atoms with E-state index < -0.39 is 0 Å². The molecular formula is C18H22N4O2. The van der Waals surface area contributed by atoms with Gasteiger partial charge in [-0.25, -0.2) is 14.8 Å². The highest BCUT2D eigenvalue weighted by Crippen LogP contribution is 2.24. The van der Waals surface area contributed by atoms with Crippen molar-refractivity contribution in [1.82, 2.24) is 15.3 Å². The van der Waals surface area contributed by atoms with Gasteiger partial charge in [0.15, 0.2) is 0 Å². The van der Waals surface area contributed by atoms with Gasteiger partial charge in [-0.3, -0.25) is 0 Å². The van der Waals surface area contributed by atoms with Crippen molar-refractivity contribution in [3.63, 3.8) is 0 Å². The van der Waals surface area contributed by atoms with Crippen molar-refractivity contribution in [1.29, 1.82) is 0 Å². The molecule has 2 aromatic rings. The molecular weight excluding hydrogens is 304 g/mol. The van der Waals surface area contributed by atoms with Crippen LogP contribution in [0, 0.1) is 6.92 Å². The molecule has 0 atom stereocenters. The Morgan fingerprint density at radius 3 is 2.67 bits per heavy atom. The second-order valence-corrected chi connectivity index (χ2v) is 5.95. The van der Waals surface area contributed by atoms with Crippen molar-refractivity contribution >= 4 is 11.7 Å². The van der Waals surface area contributed by atoms with Crippen LogP contribution < -0.4 is 15.4 Å². The molecule has 1 heterocycles. The summed E-state index contributed by atoms with van der Waals surface area (Å²) in [6.07, 6.45) is 6.77. The van der Waals surface area contributed by atoms with Gasteiger partial charge in [0.1, 0.15) is 11.6 Å². The number of ether oxygens (including phenoxy) is 1. The summed E-state index contributed by atoms with van der Waals surface area (Å²) in [5.41, 5.74) is 1.50. The Morgan fingerprint density at radius 1 is 1.21 bits per heavy atom. The maximum Gasteiger partial charge on any atom is 0.319 e. The molecule has 0 radical (unpaired) electrons. The van der Waals surface area contributed by atoms with E-state index in [4.69, 9.17) is 4.74 Å². The van der Waals surface area contributed by atoms with Crippen LogP contribution in [0.1, 0.15) is 37.2 Å². The van der Waals surface area contributed by atoms with Crippen LogP contribution in [0.15, 0.2) is 36.5 Å². The number of hydrogen-bond donors (Lipinski definition) is 2. The van der Waals surface area contributed by atoms with Crippen molar-refractivity contribution in [2.24, 2.45) is 0 Å². The first-order valence-electron chi connectivity index (χ1n) is 8.29. The van der Waals surface area contributed by atoms with Gasteiger partial charge in [0, 0.05) is 11.9 Å². The third-order valence-electron chi connectivity index (χ3n) is 3.98. The number of carbonyl (C=O) groups excluding carboxylic acids is 1. The van der Waals surface area contributed by atoms with Crippen LogP contribution >= 0.6 is 0 Å². The number of rotatable bonds is 5. The average Bonchev–Trinajstić information content (AvgIpc) is 3.08. The lowest BCUT2D eigenvalue weighted by atomic mass is 10.3. The van der Waals surface area contributed by atoms with Gasteiger partial charge in [-0.1, -0.05) is 0 Å². The highest BCUT2D eigenvalue weighted by Gasteiger charge is 2.16. The van der Waals surface area contributed by atoms with Crippen molar-refractivity contribution < 1.29 is 9.53 Å². The van der Waals surface area contributed by atoms with Crippen LogP contribution in [0.4, 0.5) is 10.5 Å². The zero-order chi connectivity index (χ0) is 16.8. The lowest BCUT2D eigenvalue weighted by Crippen LogP contribution is -2.28. The monoisotopic (exact) mass is 326 g/mol. The molecule has 2 amide bonds. The van der Waals surface area contributed by atoms with Crippen molar-refractivity contribution in [2.45, 2.75) is 45.3 Å². The Kier molecular flexibility index (Phi) is 5.25. The summed E-state index contributed by atoms with van der Waals surface area (Å²) in [5.74, 6) is 1.54. The predicted molar refractivity (Wildman–Crippen MR) is 92.0 cm³/mol. The molecule has 0 spiro atoms. The number of nitrogens with one attached hydrogen (secondary N) is 2. The number of carbonyl (C=O) groups is 1. The summed E-state index contributed by atoms with van der Waals surface area (Å²) in [6.45, 7) is 2.18. The number of nitrogens with zero attached hydrogens (tertiary/aromatic N) is 2. The molecule has 0 bridgehead atoms. The van der Waals surface area contributed by atoms with Crippen molar-refractivity contribution in [3.8, 4) is 5.75 Å². The Balaban J connectivity index is 1.47. The molecule has 1 saturated carbocycles. The lowest BCUT2D eigenvalue weighted by molar-refractivity contribution is 0.210. The van der Waals surface area contributed by atoms with E-state index in [0.717, 1.165) is 30.0 Å². The average molecular weight is 326 g/mol.